The van der Waals surface area contributed by atoms with Crippen LogP contribution in [0.5, 0.6) is 5.75 Å². The Morgan fingerprint density at radius 1 is 1.03 bits per heavy atom. The van der Waals surface area contributed by atoms with Gasteiger partial charge in [-0.1, -0.05) is 41.6 Å². The van der Waals surface area contributed by atoms with Crippen LogP contribution in [-0.4, -0.2) is 26.8 Å². The lowest BCUT2D eigenvalue weighted by Gasteiger charge is -2.11. The molecule has 5 aromatic rings. The Bertz CT molecular complexity index is 1380. The number of aromatic amines is 1. The molecule has 0 aliphatic rings. The van der Waals surface area contributed by atoms with Gasteiger partial charge >= 0.3 is 5.76 Å². The van der Waals surface area contributed by atoms with E-state index in [0.717, 1.165) is 33.6 Å². The molecule has 0 saturated carbocycles. The molecular formula is C23H18N4O3. The molecule has 5 rings (SSSR count). The van der Waals surface area contributed by atoms with Gasteiger partial charge in [0.05, 0.1) is 19.3 Å². The molecular weight excluding hydrogens is 380 g/mol. The van der Waals surface area contributed by atoms with Crippen LogP contribution in [0.15, 0.2) is 82.1 Å². The van der Waals surface area contributed by atoms with Crippen LogP contribution >= 0.6 is 0 Å². The van der Waals surface area contributed by atoms with Gasteiger partial charge in [0.25, 0.3) is 0 Å². The first kappa shape index (κ1) is 17.9. The summed E-state index contributed by atoms with van der Waals surface area (Å²) in [5.74, 6) is 0.524. The molecule has 0 atom stereocenters. The molecule has 0 radical (unpaired) electrons. The van der Waals surface area contributed by atoms with E-state index >= 15 is 0 Å². The number of benzene rings is 2. The van der Waals surface area contributed by atoms with Gasteiger partial charge in [-0.25, -0.2) is 9.78 Å². The van der Waals surface area contributed by atoms with E-state index in [9.17, 15) is 4.79 Å². The Labute approximate surface area is 171 Å². The van der Waals surface area contributed by atoms with E-state index in [0.29, 0.717) is 18.1 Å². The zero-order valence-corrected chi connectivity index (χ0v) is 16.2. The molecule has 0 aliphatic carbocycles. The number of ether oxygens (including phenoxy) is 1. The number of nitrogens with zero attached hydrogens (tertiary/aromatic N) is 3. The van der Waals surface area contributed by atoms with Crippen molar-refractivity contribution in [2.45, 2.75) is 6.54 Å². The SMILES string of the molecule is COc1ccc2c(c1)cc(-c1ccccc1)n2Cc1cccc(-c2noc(=O)[nH]2)n1. The van der Waals surface area contributed by atoms with Crippen LogP contribution in [0.25, 0.3) is 33.7 Å². The van der Waals surface area contributed by atoms with Crippen molar-refractivity contribution in [2.75, 3.05) is 7.11 Å². The fraction of sp³-hybridized carbons (Fsp3) is 0.0870. The maximum absolute atomic E-state index is 11.3. The van der Waals surface area contributed by atoms with Crippen molar-refractivity contribution in [3.63, 3.8) is 0 Å². The van der Waals surface area contributed by atoms with Crippen LogP contribution in [0.4, 0.5) is 0 Å². The van der Waals surface area contributed by atoms with Gasteiger partial charge in [0.15, 0.2) is 0 Å². The lowest BCUT2D eigenvalue weighted by molar-refractivity contribution is 0.387. The van der Waals surface area contributed by atoms with Crippen molar-refractivity contribution >= 4 is 10.9 Å². The first-order chi connectivity index (χ1) is 14.7. The topological polar surface area (TPSA) is 85.9 Å². The predicted octanol–water partition coefficient (Wildman–Crippen LogP) is 4.10. The highest BCUT2D eigenvalue weighted by atomic mass is 16.5. The van der Waals surface area contributed by atoms with Gasteiger partial charge < -0.3 is 9.30 Å². The summed E-state index contributed by atoms with van der Waals surface area (Å²) in [6.07, 6.45) is 0. The van der Waals surface area contributed by atoms with Crippen molar-refractivity contribution in [1.29, 1.82) is 0 Å². The van der Waals surface area contributed by atoms with Gasteiger partial charge in [-0.3, -0.25) is 9.51 Å². The quantitative estimate of drug-likeness (QED) is 0.482. The van der Waals surface area contributed by atoms with Crippen LogP contribution in [0.2, 0.25) is 0 Å². The molecule has 0 amide bonds. The van der Waals surface area contributed by atoms with E-state index in [1.54, 1.807) is 13.2 Å². The summed E-state index contributed by atoms with van der Waals surface area (Å²) in [6.45, 7) is 0.552. The van der Waals surface area contributed by atoms with E-state index < -0.39 is 5.76 Å². The van der Waals surface area contributed by atoms with E-state index in [-0.39, 0.29) is 0 Å². The maximum atomic E-state index is 11.3. The molecule has 7 nitrogen and oxygen atoms in total. The molecule has 3 heterocycles. The Morgan fingerprint density at radius 3 is 2.67 bits per heavy atom. The Kier molecular flexibility index (Phi) is 4.40. The van der Waals surface area contributed by atoms with Gasteiger partial charge in [-0.05, 0) is 42.0 Å². The molecule has 0 bridgehead atoms. The summed E-state index contributed by atoms with van der Waals surface area (Å²) in [7, 11) is 1.67. The zero-order valence-electron chi connectivity index (χ0n) is 16.2. The minimum Gasteiger partial charge on any atom is -0.497 e. The second kappa shape index (κ2) is 7.36. The van der Waals surface area contributed by atoms with E-state index in [2.05, 4.69) is 48.5 Å². The first-order valence-electron chi connectivity index (χ1n) is 9.46. The van der Waals surface area contributed by atoms with Crippen molar-refractivity contribution < 1.29 is 9.26 Å². The molecule has 0 saturated heterocycles. The molecule has 0 aliphatic heterocycles. The monoisotopic (exact) mass is 398 g/mol. The minimum atomic E-state index is -0.603. The number of rotatable bonds is 5. The molecule has 0 spiro atoms. The fourth-order valence-corrected chi connectivity index (χ4v) is 3.60. The van der Waals surface area contributed by atoms with Crippen molar-refractivity contribution in [3.05, 3.63) is 89.0 Å². The van der Waals surface area contributed by atoms with Crippen LogP contribution in [0.3, 0.4) is 0 Å². The lowest BCUT2D eigenvalue weighted by Crippen LogP contribution is -2.04. The third-order valence-electron chi connectivity index (χ3n) is 4.99. The second-order valence-corrected chi connectivity index (χ2v) is 6.86. The summed E-state index contributed by atoms with van der Waals surface area (Å²) in [6, 6.07) is 24.1. The molecule has 0 unspecified atom stereocenters. The van der Waals surface area contributed by atoms with Crippen molar-refractivity contribution in [2.24, 2.45) is 0 Å². The Hall–Kier alpha value is -4.13. The average Bonchev–Trinajstić information content (AvgIpc) is 3.38. The molecule has 0 fully saturated rings. The van der Waals surface area contributed by atoms with E-state index in [4.69, 9.17) is 4.74 Å². The van der Waals surface area contributed by atoms with Gasteiger partial charge in [0.2, 0.25) is 5.82 Å². The lowest BCUT2D eigenvalue weighted by atomic mass is 10.1. The summed E-state index contributed by atoms with van der Waals surface area (Å²) in [5.41, 5.74) is 4.67. The zero-order chi connectivity index (χ0) is 20.5. The number of methoxy groups -OCH3 is 1. The highest BCUT2D eigenvalue weighted by molar-refractivity contribution is 5.88. The van der Waals surface area contributed by atoms with Crippen LogP contribution < -0.4 is 10.5 Å². The minimum absolute atomic E-state index is 0.312. The van der Waals surface area contributed by atoms with E-state index in [1.165, 1.54) is 0 Å². The van der Waals surface area contributed by atoms with E-state index in [1.807, 2.05) is 42.5 Å². The first-order valence-corrected chi connectivity index (χ1v) is 9.46. The number of nitrogens with one attached hydrogen (secondary N) is 1. The van der Waals surface area contributed by atoms with Gasteiger partial charge in [0, 0.05) is 16.6 Å². The number of hydrogen-bond acceptors (Lipinski definition) is 5. The second-order valence-electron chi connectivity index (χ2n) is 6.86. The fourth-order valence-electron chi connectivity index (χ4n) is 3.60. The summed E-state index contributed by atoms with van der Waals surface area (Å²) >= 11 is 0. The predicted molar refractivity (Wildman–Crippen MR) is 113 cm³/mol. The third-order valence-corrected chi connectivity index (χ3v) is 4.99. The average molecular weight is 398 g/mol. The number of fused-ring (bicyclic) bond motifs is 1. The van der Waals surface area contributed by atoms with Gasteiger partial charge in [-0.2, -0.15) is 0 Å². The molecule has 2 aromatic carbocycles. The highest BCUT2D eigenvalue weighted by Crippen LogP contribution is 2.31. The largest absolute Gasteiger partial charge is 0.497 e. The Morgan fingerprint density at radius 2 is 1.90 bits per heavy atom. The number of hydrogen-bond donors (Lipinski definition) is 1. The van der Waals surface area contributed by atoms with Crippen molar-refractivity contribution in [3.8, 4) is 28.5 Å². The van der Waals surface area contributed by atoms with Crippen LogP contribution in [0, 0.1) is 0 Å². The summed E-state index contributed by atoms with van der Waals surface area (Å²) < 4.78 is 12.2. The summed E-state index contributed by atoms with van der Waals surface area (Å²) in [5, 5.41) is 4.82. The highest BCUT2D eigenvalue weighted by Gasteiger charge is 2.14. The molecule has 7 heteroatoms. The van der Waals surface area contributed by atoms with Crippen LogP contribution in [-0.2, 0) is 6.54 Å². The van der Waals surface area contributed by atoms with Crippen molar-refractivity contribution in [1.82, 2.24) is 19.7 Å². The molecule has 148 valence electrons. The number of pyridine rings is 1. The maximum Gasteiger partial charge on any atom is 0.439 e. The van der Waals surface area contributed by atoms with Crippen LogP contribution in [0.1, 0.15) is 5.69 Å². The van der Waals surface area contributed by atoms with Gasteiger partial charge in [0.1, 0.15) is 11.4 Å². The smallest absolute Gasteiger partial charge is 0.439 e. The van der Waals surface area contributed by atoms with Gasteiger partial charge in [-0.15, -0.1) is 0 Å². The Balaban J connectivity index is 1.62. The number of H-pyrrole nitrogens is 1. The number of aromatic nitrogens is 4. The normalized spacial score (nSPS) is 11.1. The summed E-state index contributed by atoms with van der Waals surface area (Å²) in [4.78, 5) is 18.5. The standard InChI is InChI=1S/C23H18N4O3/c1-29-18-10-11-20-16(12-18)13-21(15-6-3-2-4-7-15)27(20)14-17-8-5-9-19(24-17)22-25-23(28)30-26-22/h2-13H,14H2,1H3,(H,25,26,28). The molecule has 3 aromatic heterocycles. The molecule has 1 N–H and O–H groups in total. The molecule has 30 heavy (non-hydrogen) atoms. The third kappa shape index (κ3) is 3.26.